The van der Waals surface area contributed by atoms with E-state index in [4.69, 9.17) is 21.7 Å². The number of ether oxygens (including phenoxy) is 2. The van der Waals surface area contributed by atoms with Crippen molar-refractivity contribution in [1.82, 2.24) is 0 Å². The average molecular weight is 457 g/mol. The van der Waals surface area contributed by atoms with Crippen LogP contribution in [0.1, 0.15) is 31.2 Å². The number of rotatable bonds is 4. The van der Waals surface area contributed by atoms with Crippen LogP contribution in [0.15, 0.2) is 22.7 Å². The van der Waals surface area contributed by atoms with Crippen LogP contribution in [-0.4, -0.2) is 31.3 Å². The van der Waals surface area contributed by atoms with Crippen LogP contribution in [0.4, 0.5) is 10.7 Å². The van der Waals surface area contributed by atoms with E-state index in [1.165, 1.54) is 14.2 Å². The van der Waals surface area contributed by atoms with E-state index >= 15 is 0 Å². The number of aryl methyl sites for hydroxylation is 1. The van der Waals surface area contributed by atoms with Gasteiger partial charge in [-0.15, -0.1) is 11.3 Å². The number of hydrogen-bond acceptors (Lipinski definition) is 6. The average Bonchev–Trinajstić information content (AvgIpc) is 2.92. The zero-order valence-corrected chi connectivity index (χ0v) is 17.8. The molecule has 0 aliphatic carbocycles. The van der Waals surface area contributed by atoms with Gasteiger partial charge in [0.1, 0.15) is 9.88 Å². The molecule has 0 atom stereocenters. The van der Waals surface area contributed by atoms with Gasteiger partial charge in [-0.1, -0.05) is 6.07 Å². The Morgan fingerprint density at radius 1 is 1.12 bits per heavy atom. The number of thiophene rings is 1. The molecule has 138 valence electrons. The van der Waals surface area contributed by atoms with Crippen LogP contribution >= 0.6 is 39.5 Å². The number of esters is 2. The molecular formula is C17H17BrN2O4S2. The molecule has 0 spiro atoms. The van der Waals surface area contributed by atoms with E-state index in [0.29, 0.717) is 15.4 Å². The molecule has 26 heavy (non-hydrogen) atoms. The molecule has 0 unspecified atom stereocenters. The topological polar surface area (TPSA) is 76.7 Å². The van der Waals surface area contributed by atoms with Crippen LogP contribution in [0.5, 0.6) is 0 Å². The van der Waals surface area contributed by atoms with Crippen LogP contribution in [-0.2, 0) is 9.47 Å². The smallest absolute Gasteiger partial charge is 0.348 e. The third kappa shape index (κ3) is 4.40. The molecule has 1 aromatic heterocycles. The van der Waals surface area contributed by atoms with Gasteiger partial charge in [0, 0.05) is 4.47 Å². The maximum absolute atomic E-state index is 12.1. The summed E-state index contributed by atoms with van der Waals surface area (Å²) in [6, 6.07) is 5.78. The summed E-state index contributed by atoms with van der Waals surface area (Å²) < 4.78 is 10.4. The maximum Gasteiger partial charge on any atom is 0.348 e. The zero-order chi connectivity index (χ0) is 19.4. The van der Waals surface area contributed by atoms with Crippen LogP contribution in [0, 0.1) is 13.8 Å². The Morgan fingerprint density at radius 2 is 1.77 bits per heavy atom. The third-order valence-electron chi connectivity index (χ3n) is 3.51. The first kappa shape index (κ1) is 20.3. The minimum atomic E-state index is -0.560. The third-order valence-corrected chi connectivity index (χ3v) is 5.55. The number of anilines is 2. The van der Waals surface area contributed by atoms with Crippen molar-refractivity contribution in [3.63, 3.8) is 0 Å². The zero-order valence-electron chi connectivity index (χ0n) is 14.6. The normalized spacial score (nSPS) is 10.2. The Morgan fingerprint density at radius 3 is 2.35 bits per heavy atom. The molecule has 0 aliphatic rings. The Hall–Kier alpha value is -1.97. The minimum Gasteiger partial charge on any atom is -0.465 e. The van der Waals surface area contributed by atoms with E-state index in [2.05, 4.69) is 26.6 Å². The van der Waals surface area contributed by atoms with Crippen molar-refractivity contribution in [2.45, 2.75) is 13.8 Å². The molecule has 0 radical (unpaired) electrons. The molecule has 0 amide bonds. The Balaban J connectivity index is 2.31. The fraction of sp³-hybridized carbons (Fsp3) is 0.235. The fourth-order valence-corrected chi connectivity index (χ4v) is 4.20. The maximum atomic E-state index is 12.1. The lowest BCUT2D eigenvalue weighted by Crippen LogP contribution is -2.20. The van der Waals surface area contributed by atoms with Crippen molar-refractivity contribution < 1.29 is 19.1 Å². The SMILES string of the molecule is COC(=O)c1sc(NC(=S)Nc2ccc(C)cc2Br)c(C(=O)OC)c1C. The summed E-state index contributed by atoms with van der Waals surface area (Å²) in [5, 5.41) is 6.71. The van der Waals surface area contributed by atoms with E-state index in [-0.39, 0.29) is 10.7 Å². The van der Waals surface area contributed by atoms with Gasteiger partial charge in [0.25, 0.3) is 0 Å². The van der Waals surface area contributed by atoms with E-state index < -0.39 is 11.9 Å². The molecule has 2 rings (SSSR count). The molecule has 0 fully saturated rings. The highest BCUT2D eigenvalue weighted by atomic mass is 79.9. The highest BCUT2D eigenvalue weighted by molar-refractivity contribution is 9.10. The van der Waals surface area contributed by atoms with E-state index in [9.17, 15) is 9.59 Å². The highest BCUT2D eigenvalue weighted by Gasteiger charge is 2.26. The van der Waals surface area contributed by atoms with Gasteiger partial charge in [0.2, 0.25) is 0 Å². The second-order valence-corrected chi connectivity index (χ2v) is 7.59. The molecule has 0 aliphatic heterocycles. The fourth-order valence-electron chi connectivity index (χ4n) is 2.21. The van der Waals surface area contributed by atoms with E-state index in [0.717, 1.165) is 27.1 Å². The highest BCUT2D eigenvalue weighted by Crippen LogP contribution is 2.34. The van der Waals surface area contributed by atoms with Crippen molar-refractivity contribution in [1.29, 1.82) is 0 Å². The van der Waals surface area contributed by atoms with Crippen molar-refractivity contribution >= 4 is 67.2 Å². The van der Waals surface area contributed by atoms with E-state index in [1.54, 1.807) is 6.92 Å². The lowest BCUT2D eigenvalue weighted by atomic mass is 10.1. The summed E-state index contributed by atoms with van der Waals surface area (Å²) in [4.78, 5) is 24.4. The standard InChI is InChI=1S/C17H17BrN2O4S2/c1-8-5-6-11(10(18)7-8)19-17(25)20-14-12(15(21)23-3)9(2)13(26-14)16(22)24-4/h5-7H,1-4H3,(H2,19,20,25). The number of carbonyl (C=O) groups excluding carboxylic acids is 2. The monoisotopic (exact) mass is 456 g/mol. The summed E-state index contributed by atoms with van der Waals surface area (Å²) in [6.07, 6.45) is 0. The summed E-state index contributed by atoms with van der Waals surface area (Å²) in [5.74, 6) is -1.08. The summed E-state index contributed by atoms with van der Waals surface area (Å²) in [7, 11) is 2.56. The minimum absolute atomic E-state index is 0.255. The number of carbonyl (C=O) groups is 2. The summed E-state index contributed by atoms with van der Waals surface area (Å²) in [5.41, 5.74) is 2.61. The van der Waals surface area contributed by atoms with Gasteiger partial charge in [0.05, 0.1) is 25.5 Å². The molecule has 1 aromatic carbocycles. The molecule has 0 saturated heterocycles. The number of benzene rings is 1. The number of thiocarbonyl (C=S) groups is 1. The van der Waals surface area contributed by atoms with Crippen molar-refractivity contribution in [2.75, 3.05) is 24.9 Å². The van der Waals surface area contributed by atoms with Crippen molar-refractivity contribution in [2.24, 2.45) is 0 Å². The molecule has 9 heteroatoms. The molecule has 0 bridgehead atoms. The Kier molecular flexibility index (Phi) is 6.74. The second-order valence-electron chi connectivity index (χ2n) is 5.31. The van der Waals surface area contributed by atoms with Crippen LogP contribution in [0.3, 0.4) is 0 Å². The van der Waals surface area contributed by atoms with Gasteiger partial charge in [-0.3, -0.25) is 0 Å². The number of methoxy groups -OCH3 is 2. The molecule has 2 N–H and O–H groups in total. The molecular weight excluding hydrogens is 440 g/mol. The van der Waals surface area contributed by atoms with E-state index in [1.807, 2.05) is 25.1 Å². The predicted molar refractivity (Wildman–Crippen MR) is 110 cm³/mol. The van der Waals surface area contributed by atoms with Crippen molar-refractivity contribution in [3.05, 3.63) is 44.2 Å². The number of hydrogen-bond donors (Lipinski definition) is 2. The van der Waals surface area contributed by atoms with Crippen LogP contribution in [0.2, 0.25) is 0 Å². The first-order valence-electron chi connectivity index (χ1n) is 7.42. The van der Waals surface area contributed by atoms with Gasteiger partial charge in [-0.2, -0.15) is 0 Å². The summed E-state index contributed by atoms with van der Waals surface area (Å²) >= 11 is 9.89. The Labute approximate surface area is 169 Å². The molecule has 2 aromatic rings. The van der Waals surface area contributed by atoms with Gasteiger partial charge >= 0.3 is 11.9 Å². The molecule has 1 heterocycles. The second kappa shape index (κ2) is 8.61. The number of nitrogens with one attached hydrogen (secondary N) is 2. The Bertz CT molecular complexity index is 880. The summed E-state index contributed by atoms with van der Waals surface area (Å²) in [6.45, 7) is 3.64. The lowest BCUT2D eigenvalue weighted by molar-refractivity contribution is 0.0601. The van der Waals surface area contributed by atoms with Gasteiger partial charge in [0.15, 0.2) is 5.11 Å². The van der Waals surface area contributed by atoms with Crippen LogP contribution in [0.25, 0.3) is 0 Å². The quantitative estimate of drug-likeness (QED) is 0.517. The first-order chi connectivity index (χ1) is 12.3. The molecule has 0 saturated carbocycles. The van der Waals surface area contributed by atoms with Gasteiger partial charge in [-0.05, 0) is 65.3 Å². The van der Waals surface area contributed by atoms with Crippen molar-refractivity contribution in [3.8, 4) is 0 Å². The van der Waals surface area contributed by atoms with Gasteiger partial charge in [-0.25, -0.2) is 9.59 Å². The first-order valence-corrected chi connectivity index (χ1v) is 9.44. The largest absolute Gasteiger partial charge is 0.465 e. The van der Waals surface area contributed by atoms with Gasteiger partial charge < -0.3 is 20.1 Å². The lowest BCUT2D eigenvalue weighted by Gasteiger charge is -2.12. The number of halogens is 1. The van der Waals surface area contributed by atoms with Crippen LogP contribution < -0.4 is 10.6 Å². The molecule has 6 nitrogen and oxygen atoms in total. The predicted octanol–water partition coefficient (Wildman–Crippen LogP) is 4.51.